The quantitative estimate of drug-likeness (QED) is 0.818. The van der Waals surface area contributed by atoms with Crippen LogP contribution in [0.5, 0.6) is 0 Å². The molecule has 0 heterocycles. The molecule has 4 heteroatoms. The Labute approximate surface area is 127 Å². The molecule has 2 rings (SSSR count). The predicted octanol–water partition coefficient (Wildman–Crippen LogP) is 3.21. The Morgan fingerprint density at radius 2 is 1.76 bits per heavy atom. The summed E-state index contributed by atoms with van der Waals surface area (Å²) in [5.74, 6) is -0.721. The first-order valence-corrected chi connectivity index (χ1v) is 8.56. The minimum absolute atomic E-state index is 0.0311. The molecule has 4 nitrogen and oxygen atoms in total. The lowest BCUT2D eigenvalue weighted by Crippen LogP contribution is -2.43. The van der Waals surface area contributed by atoms with E-state index in [0.717, 1.165) is 12.8 Å². The first-order valence-electron chi connectivity index (χ1n) is 8.56. The minimum Gasteiger partial charge on any atom is -0.481 e. The number of carbonyl (C=O) groups is 2. The van der Waals surface area contributed by atoms with Crippen molar-refractivity contribution >= 4 is 11.9 Å². The molecular formula is C17H29NO3. The monoisotopic (exact) mass is 295 g/mol. The second-order valence-electron chi connectivity index (χ2n) is 6.99. The van der Waals surface area contributed by atoms with Gasteiger partial charge in [-0.25, -0.2) is 0 Å². The molecule has 2 fully saturated rings. The van der Waals surface area contributed by atoms with Crippen LogP contribution in [-0.4, -0.2) is 23.0 Å². The standard InChI is InChI=1S/C17H29NO3/c1-3-12-9-14(15(10-12)17(20)21)16(19)18-11(2)13-7-5-4-6-8-13/h11-15H,3-10H2,1-2H3,(H,18,19)(H,20,21)/t11-,12?,14?,15?/m1/s1. The fraction of sp³-hybridized carbons (Fsp3) is 0.882. The van der Waals surface area contributed by atoms with E-state index in [4.69, 9.17) is 0 Å². The van der Waals surface area contributed by atoms with Gasteiger partial charge in [-0.3, -0.25) is 9.59 Å². The predicted molar refractivity (Wildman–Crippen MR) is 81.8 cm³/mol. The molecule has 0 radical (unpaired) electrons. The van der Waals surface area contributed by atoms with E-state index in [1.54, 1.807) is 0 Å². The van der Waals surface area contributed by atoms with Crippen LogP contribution in [0.3, 0.4) is 0 Å². The lowest BCUT2D eigenvalue weighted by atomic mass is 9.84. The number of hydrogen-bond acceptors (Lipinski definition) is 2. The van der Waals surface area contributed by atoms with E-state index >= 15 is 0 Å². The van der Waals surface area contributed by atoms with Gasteiger partial charge in [0.1, 0.15) is 0 Å². The molecule has 0 spiro atoms. The van der Waals surface area contributed by atoms with Crippen LogP contribution >= 0.6 is 0 Å². The first-order chi connectivity index (χ1) is 10.0. The van der Waals surface area contributed by atoms with Crippen LogP contribution in [0.1, 0.15) is 65.2 Å². The maximum absolute atomic E-state index is 12.5. The Hall–Kier alpha value is -1.06. The molecule has 120 valence electrons. The van der Waals surface area contributed by atoms with Gasteiger partial charge in [0.2, 0.25) is 5.91 Å². The van der Waals surface area contributed by atoms with Crippen LogP contribution in [0.2, 0.25) is 0 Å². The number of carbonyl (C=O) groups excluding carboxylic acids is 1. The van der Waals surface area contributed by atoms with E-state index in [9.17, 15) is 14.7 Å². The van der Waals surface area contributed by atoms with E-state index < -0.39 is 11.9 Å². The zero-order chi connectivity index (χ0) is 15.4. The van der Waals surface area contributed by atoms with Crippen molar-refractivity contribution in [1.82, 2.24) is 5.32 Å². The van der Waals surface area contributed by atoms with Crippen LogP contribution in [0, 0.1) is 23.7 Å². The maximum Gasteiger partial charge on any atom is 0.307 e. The Balaban J connectivity index is 1.93. The maximum atomic E-state index is 12.5. The summed E-state index contributed by atoms with van der Waals surface area (Å²) >= 11 is 0. The smallest absolute Gasteiger partial charge is 0.307 e. The summed E-state index contributed by atoms with van der Waals surface area (Å²) in [7, 11) is 0. The second kappa shape index (κ2) is 7.28. The van der Waals surface area contributed by atoms with Crippen LogP contribution in [0.25, 0.3) is 0 Å². The minimum atomic E-state index is -0.809. The van der Waals surface area contributed by atoms with Crippen molar-refractivity contribution < 1.29 is 14.7 Å². The SMILES string of the molecule is CCC1CC(C(=O)O)C(C(=O)N[C@H](C)C2CCCCC2)C1. The van der Waals surface area contributed by atoms with Gasteiger partial charge in [0.15, 0.2) is 0 Å². The Bertz CT molecular complexity index is 376. The van der Waals surface area contributed by atoms with Gasteiger partial charge in [-0.15, -0.1) is 0 Å². The number of hydrogen-bond donors (Lipinski definition) is 2. The lowest BCUT2D eigenvalue weighted by molar-refractivity contribution is -0.146. The van der Waals surface area contributed by atoms with Crippen molar-refractivity contribution in [3.05, 3.63) is 0 Å². The third-order valence-corrected chi connectivity index (χ3v) is 5.62. The molecule has 0 saturated heterocycles. The Morgan fingerprint density at radius 3 is 2.33 bits per heavy atom. The zero-order valence-electron chi connectivity index (χ0n) is 13.3. The molecule has 1 amide bonds. The number of carboxylic acids is 1. The fourth-order valence-corrected chi connectivity index (χ4v) is 4.12. The van der Waals surface area contributed by atoms with Crippen LogP contribution in [-0.2, 0) is 9.59 Å². The van der Waals surface area contributed by atoms with Crippen molar-refractivity contribution in [3.8, 4) is 0 Å². The average Bonchev–Trinajstić information content (AvgIpc) is 2.92. The molecule has 2 saturated carbocycles. The first kappa shape index (κ1) is 16.3. The summed E-state index contributed by atoms with van der Waals surface area (Å²) in [5.41, 5.74) is 0. The molecule has 2 N–H and O–H groups in total. The van der Waals surface area contributed by atoms with Crippen LogP contribution < -0.4 is 5.32 Å². The van der Waals surface area contributed by atoms with E-state index in [0.29, 0.717) is 18.3 Å². The van der Waals surface area contributed by atoms with Gasteiger partial charge in [0.05, 0.1) is 11.8 Å². The number of amides is 1. The molecule has 21 heavy (non-hydrogen) atoms. The van der Waals surface area contributed by atoms with Crippen molar-refractivity contribution in [3.63, 3.8) is 0 Å². The van der Waals surface area contributed by atoms with Gasteiger partial charge in [-0.05, 0) is 44.4 Å². The van der Waals surface area contributed by atoms with Crippen LogP contribution in [0.4, 0.5) is 0 Å². The molecule has 2 aliphatic rings. The molecule has 3 unspecified atom stereocenters. The van der Waals surface area contributed by atoms with Crippen molar-refractivity contribution in [1.29, 1.82) is 0 Å². The molecule has 0 aliphatic heterocycles. The molecule has 4 atom stereocenters. The highest BCUT2D eigenvalue weighted by Gasteiger charge is 2.42. The third-order valence-electron chi connectivity index (χ3n) is 5.62. The zero-order valence-corrected chi connectivity index (χ0v) is 13.3. The summed E-state index contributed by atoms with van der Waals surface area (Å²) < 4.78 is 0. The van der Waals surface area contributed by atoms with Gasteiger partial charge in [0, 0.05) is 6.04 Å². The number of rotatable bonds is 5. The average molecular weight is 295 g/mol. The molecular weight excluding hydrogens is 266 g/mol. The molecule has 2 aliphatic carbocycles. The van der Waals surface area contributed by atoms with E-state index in [2.05, 4.69) is 19.2 Å². The van der Waals surface area contributed by atoms with Gasteiger partial charge in [0.25, 0.3) is 0 Å². The van der Waals surface area contributed by atoms with E-state index in [-0.39, 0.29) is 17.9 Å². The molecule has 0 bridgehead atoms. The van der Waals surface area contributed by atoms with Gasteiger partial charge < -0.3 is 10.4 Å². The molecule has 0 aromatic rings. The lowest BCUT2D eigenvalue weighted by Gasteiger charge is -2.29. The summed E-state index contributed by atoms with van der Waals surface area (Å²) in [6.07, 6.45) is 8.54. The normalized spacial score (nSPS) is 31.8. The number of carboxylic acid groups (broad SMARTS) is 1. The Kier molecular flexibility index (Phi) is 5.65. The number of aliphatic carboxylic acids is 1. The van der Waals surface area contributed by atoms with Gasteiger partial charge >= 0.3 is 5.97 Å². The van der Waals surface area contributed by atoms with E-state index in [1.807, 2.05) is 0 Å². The van der Waals surface area contributed by atoms with Crippen molar-refractivity contribution in [2.45, 2.75) is 71.3 Å². The third kappa shape index (κ3) is 3.98. The summed E-state index contributed by atoms with van der Waals surface area (Å²) in [6.45, 7) is 4.16. The van der Waals surface area contributed by atoms with Crippen molar-refractivity contribution in [2.24, 2.45) is 23.7 Å². The summed E-state index contributed by atoms with van der Waals surface area (Å²) in [4.78, 5) is 23.9. The highest BCUT2D eigenvalue weighted by molar-refractivity contribution is 5.85. The fourth-order valence-electron chi connectivity index (χ4n) is 4.12. The summed E-state index contributed by atoms with van der Waals surface area (Å²) in [6, 6.07) is 0.174. The van der Waals surface area contributed by atoms with Gasteiger partial charge in [-0.1, -0.05) is 32.6 Å². The van der Waals surface area contributed by atoms with Crippen LogP contribution in [0.15, 0.2) is 0 Å². The second-order valence-corrected chi connectivity index (χ2v) is 6.99. The topological polar surface area (TPSA) is 66.4 Å². The highest BCUT2D eigenvalue weighted by Crippen LogP contribution is 2.38. The van der Waals surface area contributed by atoms with E-state index in [1.165, 1.54) is 32.1 Å². The Morgan fingerprint density at radius 1 is 1.14 bits per heavy atom. The highest BCUT2D eigenvalue weighted by atomic mass is 16.4. The molecule has 0 aromatic heterocycles. The van der Waals surface area contributed by atoms with Crippen molar-refractivity contribution in [2.75, 3.05) is 0 Å². The molecule has 0 aromatic carbocycles. The number of nitrogens with one attached hydrogen (secondary N) is 1. The summed E-state index contributed by atoms with van der Waals surface area (Å²) in [5, 5.41) is 12.5. The largest absolute Gasteiger partial charge is 0.481 e. The van der Waals surface area contributed by atoms with Gasteiger partial charge in [-0.2, -0.15) is 0 Å².